The summed E-state index contributed by atoms with van der Waals surface area (Å²) < 4.78 is 6.83. The number of nitrogens with one attached hydrogen (secondary N) is 1. The number of esters is 1. The summed E-state index contributed by atoms with van der Waals surface area (Å²) in [6, 6.07) is 12.5. The minimum Gasteiger partial charge on any atom is -0.462 e. The number of carbonyl (C=O) groups excluding carboxylic acids is 2. The van der Waals surface area contributed by atoms with Crippen LogP contribution < -0.4 is 9.88 Å². The van der Waals surface area contributed by atoms with Crippen molar-refractivity contribution in [2.75, 3.05) is 11.9 Å². The maximum absolute atomic E-state index is 12.2. The van der Waals surface area contributed by atoms with Crippen molar-refractivity contribution >= 4 is 17.6 Å². The average molecular weight is 299 g/mol. The maximum Gasteiger partial charge on any atom is 0.340 e. The summed E-state index contributed by atoms with van der Waals surface area (Å²) >= 11 is 0. The average Bonchev–Trinajstić information content (AvgIpc) is 2.50. The first-order chi connectivity index (χ1) is 10.6. The van der Waals surface area contributed by atoms with Gasteiger partial charge in [0.25, 0.3) is 5.91 Å². The Kier molecular flexibility index (Phi) is 5.25. The van der Waals surface area contributed by atoms with Crippen LogP contribution in [0.25, 0.3) is 0 Å². The number of hydrogen-bond acceptors (Lipinski definition) is 3. The van der Waals surface area contributed by atoms with E-state index in [1.807, 2.05) is 35.9 Å². The zero-order valence-electron chi connectivity index (χ0n) is 12.7. The quantitative estimate of drug-likeness (QED) is 0.679. The summed E-state index contributed by atoms with van der Waals surface area (Å²) in [7, 11) is 0. The highest BCUT2D eigenvalue weighted by Crippen LogP contribution is 2.16. The van der Waals surface area contributed by atoms with E-state index in [4.69, 9.17) is 4.74 Å². The summed E-state index contributed by atoms with van der Waals surface area (Å²) in [6.45, 7) is 4.15. The summed E-state index contributed by atoms with van der Waals surface area (Å²) in [6.07, 6.45) is 1.84. The van der Waals surface area contributed by atoms with Gasteiger partial charge in [-0.25, -0.2) is 4.79 Å². The summed E-state index contributed by atoms with van der Waals surface area (Å²) in [4.78, 5) is 24.1. The van der Waals surface area contributed by atoms with E-state index in [0.717, 1.165) is 5.69 Å². The van der Waals surface area contributed by atoms with Crippen LogP contribution in [0.1, 0.15) is 23.0 Å². The molecule has 0 bridgehead atoms. The first-order valence-electron chi connectivity index (χ1n) is 7.13. The number of nitrogens with zero attached hydrogens (tertiary/aromatic N) is 1. The van der Waals surface area contributed by atoms with Crippen molar-refractivity contribution in [1.29, 1.82) is 0 Å². The molecule has 5 heteroatoms. The third kappa shape index (κ3) is 3.91. The van der Waals surface area contributed by atoms with Crippen LogP contribution in [0, 0.1) is 6.92 Å². The lowest BCUT2D eigenvalue weighted by molar-refractivity contribution is -0.690. The van der Waals surface area contributed by atoms with Crippen LogP contribution in [0.5, 0.6) is 0 Å². The predicted molar refractivity (Wildman–Crippen MR) is 82.4 cm³/mol. The molecule has 0 aliphatic carbocycles. The van der Waals surface area contributed by atoms with Crippen molar-refractivity contribution in [3.8, 4) is 0 Å². The number of aromatic nitrogens is 1. The molecule has 0 fully saturated rings. The number of aryl methyl sites for hydroxylation is 1. The fraction of sp³-hybridized carbons (Fsp3) is 0.235. The molecule has 114 valence electrons. The Bertz CT molecular complexity index is 683. The van der Waals surface area contributed by atoms with Crippen molar-refractivity contribution in [2.24, 2.45) is 0 Å². The van der Waals surface area contributed by atoms with Gasteiger partial charge in [0.15, 0.2) is 11.9 Å². The number of anilines is 1. The molecular formula is C17H19N2O3+. The molecule has 1 heterocycles. The highest BCUT2D eigenvalue weighted by Gasteiger charge is 2.16. The Balaban J connectivity index is 2.12. The van der Waals surface area contributed by atoms with Crippen LogP contribution in [0.15, 0.2) is 48.7 Å². The van der Waals surface area contributed by atoms with Gasteiger partial charge in [0.2, 0.25) is 6.54 Å². The van der Waals surface area contributed by atoms with Gasteiger partial charge in [-0.3, -0.25) is 4.79 Å². The largest absolute Gasteiger partial charge is 0.462 e. The number of pyridine rings is 1. The molecule has 1 amide bonds. The molecule has 0 spiro atoms. The first-order valence-corrected chi connectivity index (χ1v) is 7.13. The number of carbonyl (C=O) groups is 2. The van der Waals surface area contributed by atoms with Gasteiger partial charge in [-0.2, -0.15) is 4.57 Å². The number of para-hydroxylation sites is 1. The second-order valence-electron chi connectivity index (χ2n) is 4.78. The Morgan fingerprint density at radius 1 is 1.14 bits per heavy atom. The van der Waals surface area contributed by atoms with Crippen molar-refractivity contribution < 1.29 is 18.9 Å². The van der Waals surface area contributed by atoms with Gasteiger partial charge in [0, 0.05) is 19.1 Å². The van der Waals surface area contributed by atoms with E-state index >= 15 is 0 Å². The van der Waals surface area contributed by atoms with Crippen molar-refractivity contribution in [1.82, 2.24) is 0 Å². The molecule has 0 aliphatic rings. The molecule has 2 aromatic rings. The smallest absolute Gasteiger partial charge is 0.340 e. The molecule has 0 saturated carbocycles. The molecule has 0 aliphatic heterocycles. The lowest BCUT2D eigenvalue weighted by Crippen LogP contribution is -2.42. The Morgan fingerprint density at radius 2 is 1.86 bits per heavy atom. The number of hydrogen-bond donors (Lipinski definition) is 1. The van der Waals surface area contributed by atoms with Crippen molar-refractivity contribution in [3.05, 3.63) is 59.9 Å². The number of rotatable bonds is 5. The van der Waals surface area contributed by atoms with Crippen LogP contribution in [-0.2, 0) is 16.1 Å². The van der Waals surface area contributed by atoms with E-state index in [0.29, 0.717) is 17.9 Å². The van der Waals surface area contributed by atoms with Crippen LogP contribution in [0.2, 0.25) is 0 Å². The van der Waals surface area contributed by atoms with Crippen LogP contribution in [-0.4, -0.2) is 18.5 Å². The Hall–Kier alpha value is -2.69. The third-order valence-electron chi connectivity index (χ3n) is 3.18. The topological polar surface area (TPSA) is 59.3 Å². The normalized spacial score (nSPS) is 10.1. The van der Waals surface area contributed by atoms with Gasteiger partial charge < -0.3 is 10.1 Å². The van der Waals surface area contributed by atoms with Gasteiger partial charge >= 0.3 is 5.97 Å². The lowest BCUT2D eigenvalue weighted by Gasteiger charge is -2.09. The summed E-state index contributed by atoms with van der Waals surface area (Å²) in [5, 5.41) is 2.76. The highest BCUT2D eigenvalue weighted by atomic mass is 16.5. The molecule has 22 heavy (non-hydrogen) atoms. The van der Waals surface area contributed by atoms with E-state index in [-0.39, 0.29) is 12.5 Å². The van der Waals surface area contributed by atoms with Gasteiger partial charge in [-0.15, -0.1) is 0 Å². The number of ether oxygens (including phenoxy) is 1. The van der Waals surface area contributed by atoms with E-state index in [1.54, 1.807) is 31.2 Å². The SMILES string of the molecule is CCOC(=O)c1ccccc1NC(=O)C[n+]1ccccc1C. The molecule has 0 saturated heterocycles. The monoisotopic (exact) mass is 299 g/mol. The van der Waals surface area contributed by atoms with Crippen LogP contribution in [0.3, 0.4) is 0 Å². The zero-order chi connectivity index (χ0) is 15.9. The molecular weight excluding hydrogens is 280 g/mol. The lowest BCUT2D eigenvalue weighted by atomic mass is 10.2. The van der Waals surface area contributed by atoms with Gasteiger partial charge in [0.05, 0.1) is 17.9 Å². The zero-order valence-corrected chi connectivity index (χ0v) is 12.7. The van der Waals surface area contributed by atoms with Crippen molar-refractivity contribution in [2.45, 2.75) is 20.4 Å². The molecule has 1 aromatic heterocycles. The van der Waals surface area contributed by atoms with Crippen LogP contribution >= 0.6 is 0 Å². The second-order valence-corrected chi connectivity index (χ2v) is 4.78. The predicted octanol–water partition coefficient (Wildman–Crippen LogP) is 2.10. The molecule has 0 unspecified atom stereocenters. The molecule has 0 radical (unpaired) electrons. The summed E-state index contributed by atoms with van der Waals surface area (Å²) in [5.74, 6) is -0.641. The maximum atomic E-state index is 12.2. The van der Waals surface area contributed by atoms with E-state index in [1.165, 1.54) is 0 Å². The first kappa shape index (κ1) is 15.7. The van der Waals surface area contributed by atoms with E-state index < -0.39 is 5.97 Å². The Labute approximate surface area is 129 Å². The van der Waals surface area contributed by atoms with E-state index in [2.05, 4.69) is 5.32 Å². The molecule has 1 N–H and O–H groups in total. The number of benzene rings is 1. The minimum absolute atomic E-state index is 0.184. The fourth-order valence-corrected chi connectivity index (χ4v) is 2.06. The molecule has 2 rings (SSSR count). The third-order valence-corrected chi connectivity index (χ3v) is 3.18. The van der Waals surface area contributed by atoms with Gasteiger partial charge in [-0.1, -0.05) is 18.2 Å². The molecule has 5 nitrogen and oxygen atoms in total. The second kappa shape index (κ2) is 7.36. The van der Waals surface area contributed by atoms with Crippen LogP contribution in [0.4, 0.5) is 5.69 Å². The molecule has 0 atom stereocenters. The highest BCUT2D eigenvalue weighted by molar-refractivity contribution is 6.00. The van der Waals surface area contributed by atoms with E-state index in [9.17, 15) is 9.59 Å². The van der Waals surface area contributed by atoms with Gasteiger partial charge in [-0.05, 0) is 19.1 Å². The molecule has 1 aromatic carbocycles. The Morgan fingerprint density at radius 3 is 2.59 bits per heavy atom. The van der Waals surface area contributed by atoms with Crippen molar-refractivity contribution in [3.63, 3.8) is 0 Å². The fourth-order valence-electron chi connectivity index (χ4n) is 2.06. The van der Waals surface area contributed by atoms with Gasteiger partial charge in [0.1, 0.15) is 0 Å². The minimum atomic E-state index is -0.443. The standard InChI is InChI=1S/C17H18N2O3/c1-3-22-17(21)14-9-4-5-10-15(14)18-16(20)12-19-11-7-6-8-13(19)2/h4-11H,3,12H2,1-2H3/p+1. The summed E-state index contributed by atoms with van der Waals surface area (Å²) in [5.41, 5.74) is 1.80. The number of amides is 1.